The maximum absolute atomic E-state index is 12.7. The number of carbonyl (C=O) groups is 2. The maximum atomic E-state index is 12.7. The lowest BCUT2D eigenvalue weighted by Crippen LogP contribution is -2.55. The smallest absolute Gasteiger partial charge is 0.264 e. The molecule has 0 spiro atoms. The van der Waals surface area contributed by atoms with Crippen LogP contribution in [0.5, 0.6) is 0 Å². The van der Waals surface area contributed by atoms with Crippen LogP contribution in [0.3, 0.4) is 0 Å². The van der Waals surface area contributed by atoms with E-state index < -0.39 is 11.8 Å². The normalized spacial score (nSPS) is 25.9. The molecule has 3 heterocycles. The summed E-state index contributed by atoms with van der Waals surface area (Å²) in [7, 11) is 1.98. The fraction of sp³-hybridized carbons (Fsp3) is 0.524. The molecule has 2 fully saturated rings. The number of hydrogen-bond donors (Lipinski definition) is 3. The number of nitrogens with one attached hydrogen (secondary N) is 2. The van der Waals surface area contributed by atoms with Gasteiger partial charge in [0.1, 0.15) is 11.3 Å². The van der Waals surface area contributed by atoms with Crippen molar-refractivity contribution in [2.45, 2.75) is 31.7 Å². The molecule has 0 bridgehead atoms. The molecule has 1 aromatic rings. The topological polar surface area (TPSA) is 84.9 Å². The van der Waals surface area contributed by atoms with Crippen molar-refractivity contribution in [3.63, 3.8) is 0 Å². The molecule has 3 aliphatic rings. The van der Waals surface area contributed by atoms with Crippen LogP contribution >= 0.6 is 0 Å². The van der Waals surface area contributed by atoms with Crippen molar-refractivity contribution in [2.24, 2.45) is 5.92 Å². The molecule has 3 N–H and O–H groups in total. The zero-order chi connectivity index (χ0) is 19.7. The van der Waals surface area contributed by atoms with Gasteiger partial charge in [-0.05, 0) is 63.5 Å². The summed E-state index contributed by atoms with van der Waals surface area (Å²) in [4.78, 5) is 29.6. The average molecular weight is 384 g/mol. The van der Waals surface area contributed by atoms with Crippen molar-refractivity contribution >= 4 is 23.2 Å². The van der Waals surface area contributed by atoms with Gasteiger partial charge in [-0.1, -0.05) is 0 Å². The number of fused-ring (bicyclic) bond motifs is 1. The third-order valence-corrected chi connectivity index (χ3v) is 6.04. The van der Waals surface area contributed by atoms with E-state index in [1.165, 1.54) is 19.3 Å². The van der Waals surface area contributed by atoms with Crippen molar-refractivity contribution in [1.82, 2.24) is 10.2 Å². The van der Waals surface area contributed by atoms with Gasteiger partial charge in [-0.25, -0.2) is 0 Å². The number of piperidine rings is 2. The van der Waals surface area contributed by atoms with Crippen LogP contribution in [0.25, 0.3) is 0 Å². The van der Waals surface area contributed by atoms with Crippen LogP contribution in [0.1, 0.15) is 25.7 Å². The minimum Gasteiger partial charge on any atom is -0.511 e. The van der Waals surface area contributed by atoms with E-state index in [0.717, 1.165) is 31.7 Å². The van der Waals surface area contributed by atoms with Crippen molar-refractivity contribution in [3.8, 4) is 0 Å². The Hall–Kier alpha value is -2.54. The number of aliphatic hydroxyl groups is 1. The number of anilines is 2. The number of rotatable bonds is 3. The summed E-state index contributed by atoms with van der Waals surface area (Å²) in [5.74, 6) is -1.39. The molecular weight excluding hydrogens is 356 g/mol. The molecule has 2 atom stereocenters. The number of likely N-dealkylation sites (tertiary alicyclic amines) is 1. The van der Waals surface area contributed by atoms with Gasteiger partial charge >= 0.3 is 0 Å². The predicted octanol–water partition coefficient (Wildman–Crippen LogP) is 1.88. The van der Waals surface area contributed by atoms with Crippen LogP contribution in [0.15, 0.2) is 35.6 Å². The summed E-state index contributed by atoms with van der Waals surface area (Å²) in [5.41, 5.74) is 1.58. The fourth-order valence-corrected chi connectivity index (χ4v) is 4.43. The lowest BCUT2D eigenvalue weighted by atomic mass is 9.85. The van der Waals surface area contributed by atoms with Gasteiger partial charge in [-0.2, -0.15) is 0 Å². The highest BCUT2D eigenvalue weighted by molar-refractivity contribution is 6.23. The highest BCUT2D eigenvalue weighted by Gasteiger charge is 2.41. The minimum absolute atomic E-state index is 0.0947. The first-order valence-corrected chi connectivity index (χ1v) is 10.1. The number of nitrogens with zero attached hydrogens (tertiary/aromatic N) is 2. The molecule has 28 heavy (non-hydrogen) atoms. The monoisotopic (exact) mass is 384 g/mol. The Labute approximate surface area is 165 Å². The van der Waals surface area contributed by atoms with E-state index in [0.29, 0.717) is 12.2 Å². The second kappa shape index (κ2) is 7.83. The number of carbonyl (C=O) groups excluding carboxylic acids is 2. The molecule has 1 aromatic carbocycles. The van der Waals surface area contributed by atoms with E-state index in [1.807, 2.05) is 31.3 Å². The van der Waals surface area contributed by atoms with E-state index >= 15 is 0 Å². The second-order valence-corrected chi connectivity index (χ2v) is 8.05. The van der Waals surface area contributed by atoms with Crippen molar-refractivity contribution in [3.05, 3.63) is 35.6 Å². The highest BCUT2D eigenvalue weighted by atomic mass is 16.3. The highest BCUT2D eigenvalue weighted by Crippen LogP contribution is 2.29. The number of amides is 2. The van der Waals surface area contributed by atoms with Crippen LogP contribution in [0.4, 0.5) is 11.4 Å². The van der Waals surface area contributed by atoms with Crippen LogP contribution in [0, 0.1) is 5.92 Å². The van der Waals surface area contributed by atoms with Gasteiger partial charge < -0.3 is 25.5 Å². The van der Waals surface area contributed by atoms with E-state index in [4.69, 9.17) is 0 Å². The molecule has 0 saturated carbocycles. The Morgan fingerprint density at radius 1 is 1.14 bits per heavy atom. The molecule has 2 amide bonds. The summed E-state index contributed by atoms with van der Waals surface area (Å²) in [6.45, 7) is 3.60. The SMILES string of the molecule is CN1CCC2NC(=O)C(C(=O)Nc3ccc(N4CCCCC4)cc3)=C(O)C2C1. The summed E-state index contributed by atoms with van der Waals surface area (Å²) in [6.07, 6.45) is 4.46. The number of hydrogen-bond acceptors (Lipinski definition) is 5. The first-order chi connectivity index (χ1) is 13.5. The van der Waals surface area contributed by atoms with Crippen LogP contribution in [0.2, 0.25) is 0 Å². The molecule has 3 aliphatic heterocycles. The largest absolute Gasteiger partial charge is 0.511 e. The van der Waals surface area contributed by atoms with Crippen molar-refractivity contribution in [1.29, 1.82) is 0 Å². The summed E-state index contributed by atoms with van der Waals surface area (Å²) < 4.78 is 0. The third-order valence-electron chi connectivity index (χ3n) is 6.04. The Kier molecular flexibility index (Phi) is 5.26. The Bertz CT molecular complexity index is 783. The molecule has 2 unspecified atom stereocenters. The lowest BCUT2D eigenvalue weighted by Gasteiger charge is -2.39. The summed E-state index contributed by atoms with van der Waals surface area (Å²) in [6, 6.07) is 7.56. The van der Waals surface area contributed by atoms with Gasteiger partial charge in [0.05, 0.1) is 5.92 Å². The third kappa shape index (κ3) is 3.71. The van der Waals surface area contributed by atoms with Crippen molar-refractivity contribution in [2.75, 3.05) is 43.4 Å². The van der Waals surface area contributed by atoms with Gasteiger partial charge in [-0.15, -0.1) is 0 Å². The molecule has 7 heteroatoms. The molecule has 2 saturated heterocycles. The first kappa shape index (κ1) is 18.8. The maximum Gasteiger partial charge on any atom is 0.264 e. The average Bonchev–Trinajstić information content (AvgIpc) is 2.70. The predicted molar refractivity (Wildman–Crippen MR) is 108 cm³/mol. The Balaban J connectivity index is 1.48. The summed E-state index contributed by atoms with van der Waals surface area (Å²) >= 11 is 0. The molecule has 4 rings (SSSR count). The van der Waals surface area contributed by atoms with Gasteiger partial charge in [0, 0.05) is 37.1 Å². The first-order valence-electron chi connectivity index (χ1n) is 10.1. The van der Waals surface area contributed by atoms with Crippen LogP contribution in [-0.4, -0.2) is 61.1 Å². The number of benzene rings is 1. The molecule has 150 valence electrons. The van der Waals surface area contributed by atoms with Gasteiger partial charge in [-0.3, -0.25) is 9.59 Å². The molecule has 7 nitrogen and oxygen atoms in total. The summed E-state index contributed by atoms with van der Waals surface area (Å²) in [5, 5.41) is 16.3. The van der Waals surface area contributed by atoms with E-state index in [9.17, 15) is 14.7 Å². The standard InChI is InChI=1S/C21H28N4O3/c1-24-12-9-17-16(13-24)19(26)18(21(28)23-17)20(27)22-14-5-7-15(8-6-14)25-10-3-2-4-11-25/h5-8,16-17,26H,2-4,9-13H2,1H3,(H,22,27)(H,23,28). The quantitative estimate of drug-likeness (QED) is 0.693. The van der Waals surface area contributed by atoms with Gasteiger partial charge in [0.25, 0.3) is 11.8 Å². The van der Waals surface area contributed by atoms with Crippen LogP contribution < -0.4 is 15.5 Å². The number of aliphatic hydroxyl groups excluding tert-OH is 1. The second-order valence-electron chi connectivity index (χ2n) is 8.05. The zero-order valence-electron chi connectivity index (χ0n) is 16.3. The molecule has 0 radical (unpaired) electrons. The van der Waals surface area contributed by atoms with Crippen molar-refractivity contribution < 1.29 is 14.7 Å². The minimum atomic E-state index is -0.563. The Morgan fingerprint density at radius 3 is 2.57 bits per heavy atom. The van der Waals surface area contributed by atoms with E-state index in [1.54, 1.807) is 0 Å². The zero-order valence-corrected chi connectivity index (χ0v) is 16.3. The fourth-order valence-electron chi connectivity index (χ4n) is 4.43. The van der Waals surface area contributed by atoms with Crippen LogP contribution in [-0.2, 0) is 9.59 Å². The molecule has 0 aromatic heterocycles. The molecule has 0 aliphatic carbocycles. The van der Waals surface area contributed by atoms with E-state index in [-0.39, 0.29) is 23.3 Å². The lowest BCUT2D eigenvalue weighted by molar-refractivity contribution is -0.124. The van der Waals surface area contributed by atoms with E-state index in [2.05, 4.69) is 20.4 Å². The molecular formula is C21H28N4O3. The van der Waals surface area contributed by atoms with Gasteiger partial charge in [0.15, 0.2) is 0 Å². The van der Waals surface area contributed by atoms with Gasteiger partial charge in [0.2, 0.25) is 0 Å². The Morgan fingerprint density at radius 2 is 1.86 bits per heavy atom.